The van der Waals surface area contributed by atoms with Crippen LogP contribution in [0.4, 0.5) is 11.4 Å². The Morgan fingerprint density at radius 1 is 0.922 bits per heavy atom. The number of aromatic hydroxyl groups is 1. The van der Waals surface area contributed by atoms with Crippen molar-refractivity contribution in [2.45, 2.75) is 60.9 Å². The van der Waals surface area contributed by atoms with E-state index in [4.69, 9.17) is 11.6 Å². The van der Waals surface area contributed by atoms with E-state index in [9.17, 15) is 20.0 Å². The normalized spacial score (nSPS) is 11.7. The van der Waals surface area contributed by atoms with Crippen molar-refractivity contribution in [3.05, 3.63) is 123 Å². The summed E-state index contributed by atoms with van der Waals surface area (Å²) in [7, 11) is 5.77. The molecule has 0 bridgehead atoms. The molecule has 0 aliphatic carbocycles. The SMILES string of the molecule is CC.CCC.CN1CCc2ccccc2C1.Cc1c(N(C(=O)c2cc(-c3cc(Cl)ccc3C=O)n(C)c2C)c2ccc(O)cc2)cc(C#N)n1C. The number of benzene rings is 3. The molecule has 1 N–H and O–H groups in total. The fourth-order valence-electron chi connectivity index (χ4n) is 5.77. The summed E-state index contributed by atoms with van der Waals surface area (Å²) in [5.41, 5.74) is 8.14. The number of nitriles is 1. The quantitative estimate of drug-likeness (QED) is 0.184. The first kappa shape index (κ1) is 40.3. The minimum absolute atomic E-state index is 0.0733. The van der Waals surface area contributed by atoms with E-state index < -0.39 is 0 Å². The summed E-state index contributed by atoms with van der Waals surface area (Å²) in [6, 6.07) is 25.6. The third-order valence-corrected chi connectivity index (χ3v) is 8.92. The first-order chi connectivity index (χ1) is 24.4. The van der Waals surface area contributed by atoms with Crippen LogP contribution in [0, 0.1) is 25.2 Å². The van der Waals surface area contributed by atoms with Gasteiger partial charge in [0.1, 0.15) is 17.5 Å². The van der Waals surface area contributed by atoms with Gasteiger partial charge in [0.15, 0.2) is 6.29 Å². The van der Waals surface area contributed by atoms with Crippen molar-refractivity contribution >= 4 is 35.2 Å². The summed E-state index contributed by atoms with van der Waals surface area (Å²) in [5.74, 6) is -0.243. The molecule has 3 heterocycles. The van der Waals surface area contributed by atoms with Crippen LogP contribution < -0.4 is 4.90 Å². The second-order valence-electron chi connectivity index (χ2n) is 12.2. The zero-order valence-electron chi connectivity index (χ0n) is 31.3. The van der Waals surface area contributed by atoms with E-state index in [0.29, 0.717) is 50.2 Å². The molecule has 0 spiro atoms. The van der Waals surface area contributed by atoms with E-state index in [-0.39, 0.29) is 11.7 Å². The number of hydrogen-bond donors (Lipinski definition) is 1. The molecule has 1 aliphatic rings. The average molecular weight is 708 g/mol. The lowest BCUT2D eigenvalue weighted by Gasteiger charge is -2.24. The van der Waals surface area contributed by atoms with Crippen molar-refractivity contribution in [2.75, 3.05) is 18.5 Å². The number of aromatic nitrogens is 2. The summed E-state index contributed by atoms with van der Waals surface area (Å²) in [6.45, 7) is 14.2. The Morgan fingerprint density at radius 2 is 1.55 bits per heavy atom. The monoisotopic (exact) mass is 707 g/mol. The smallest absolute Gasteiger partial charge is 0.264 e. The lowest BCUT2D eigenvalue weighted by molar-refractivity contribution is 0.0998. The highest BCUT2D eigenvalue weighted by Crippen LogP contribution is 2.36. The maximum Gasteiger partial charge on any atom is 0.264 e. The Morgan fingerprint density at radius 3 is 2.14 bits per heavy atom. The standard InChI is InChI=1S/C27H23ClN4O3.C10H13N.C3H8.C2H6/c1-16-23(13-26(31(16)4)24-11-19(28)6-5-18(24)15-33)27(35)32(20-7-9-22(34)10-8-20)25-12-21(14-29)30(3)17(25)2;1-11-7-6-9-4-2-3-5-10(9)8-11;1-3-2;1-2/h5-13,15,34H,1-4H3;2-5H,6-8H2,1H3;3H2,1-2H3;1-2H3. The van der Waals surface area contributed by atoms with Crippen LogP contribution in [0.2, 0.25) is 5.02 Å². The van der Waals surface area contributed by atoms with Crippen LogP contribution in [0.25, 0.3) is 11.3 Å². The average Bonchev–Trinajstić information content (AvgIpc) is 3.59. The number of hydrogen-bond acceptors (Lipinski definition) is 5. The number of aldehydes is 1. The summed E-state index contributed by atoms with van der Waals surface area (Å²) in [6.07, 6.45) is 3.22. The van der Waals surface area contributed by atoms with Crippen molar-refractivity contribution in [2.24, 2.45) is 14.1 Å². The van der Waals surface area contributed by atoms with Gasteiger partial charge in [-0.15, -0.1) is 0 Å². The van der Waals surface area contributed by atoms with Crippen LogP contribution in [-0.2, 0) is 27.1 Å². The van der Waals surface area contributed by atoms with Gasteiger partial charge in [-0.1, -0.05) is 70.0 Å². The van der Waals surface area contributed by atoms with Crippen LogP contribution in [0.1, 0.15) is 83.0 Å². The van der Waals surface area contributed by atoms with Gasteiger partial charge in [0.05, 0.1) is 11.3 Å². The Hall–Kier alpha value is -5.10. The van der Waals surface area contributed by atoms with Gasteiger partial charge < -0.3 is 19.1 Å². The molecule has 0 atom stereocenters. The zero-order chi connectivity index (χ0) is 37.8. The van der Waals surface area contributed by atoms with E-state index in [1.807, 2.05) is 39.3 Å². The van der Waals surface area contributed by atoms with Crippen molar-refractivity contribution < 1.29 is 14.7 Å². The Labute approximate surface area is 308 Å². The third-order valence-electron chi connectivity index (χ3n) is 8.68. The van der Waals surface area contributed by atoms with Gasteiger partial charge in [-0.3, -0.25) is 14.5 Å². The number of phenols is 1. The molecular formula is C42H50ClN5O3. The number of nitrogens with zero attached hydrogens (tertiary/aromatic N) is 5. The minimum atomic E-state index is -0.317. The molecule has 1 amide bonds. The molecule has 3 aromatic carbocycles. The lowest BCUT2D eigenvalue weighted by atomic mass is 10.0. The number of amides is 1. The minimum Gasteiger partial charge on any atom is -0.508 e. The van der Waals surface area contributed by atoms with Gasteiger partial charge >= 0.3 is 0 Å². The van der Waals surface area contributed by atoms with Gasteiger partial charge in [0.25, 0.3) is 5.91 Å². The fraction of sp³-hybridized carbons (Fsp3) is 0.310. The van der Waals surface area contributed by atoms with E-state index in [2.05, 4.69) is 56.1 Å². The highest BCUT2D eigenvalue weighted by molar-refractivity contribution is 6.31. The molecule has 0 saturated heterocycles. The van der Waals surface area contributed by atoms with Gasteiger partial charge in [-0.25, -0.2) is 0 Å². The Kier molecular flexibility index (Phi) is 14.8. The van der Waals surface area contributed by atoms with Gasteiger partial charge in [-0.05, 0) is 93.0 Å². The lowest BCUT2D eigenvalue weighted by Crippen LogP contribution is -2.26. The molecule has 0 unspecified atom stereocenters. The second-order valence-corrected chi connectivity index (χ2v) is 12.7. The summed E-state index contributed by atoms with van der Waals surface area (Å²) < 4.78 is 3.57. The number of fused-ring (bicyclic) bond motifs is 1. The predicted molar refractivity (Wildman–Crippen MR) is 209 cm³/mol. The Bertz CT molecular complexity index is 1980. The topological polar surface area (TPSA) is 94.5 Å². The van der Waals surface area contributed by atoms with E-state index in [1.165, 1.54) is 47.5 Å². The van der Waals surface area contributed by atoms with Crippen molar-refractivity contribution in [1.29, 1.82) is 5.26 Å². The summed E-state index contributed by atoms with van der Waals surface area (Å²) in [5, 5.41) is 19.8. The molecule has 8 nitrogen and oxygen atoms in total. The number of phenolic OH excluding ortho intramolecular Hbond substituents is 1. The summed E-state index contributed by atoms with van der Waals surface area (Å²) in [4.78, 5) is 29.7. The molecule has 51 heavy (non-hydrogen) atoms. The second kappa shape index (κ2) is 18.8. The molecule has 0 fully saturated rings. The number of carbonyl (C=O) groups is 2. The molecule has 6 rings (SSSR count). The fourth-order valence-corrected chi connectivity index (χ4v) is 5.94. The highest BCUT2D eigenvalue weighted by atomic mass is 35.5. The molecule has 5 aromatic rings. The molecular weight excluding hydrogens is 658 g/mol. The predicted octanol–water partition coefficient (Wildman–Crippen LogP) is 9.79. The Balaban J connectivity index is 0.000000363. The van der Waals surface area contributed by atoms with Gasteiger partial charge in [0, 0.05) is 66.1 Å². The summed E-state index contributed by atoms with van der Waals surface area (Å²) >= 11 is 6.21. The molecule has 1 aliphatic heterocycles. The van der Waals surface area contributed by atoms with Crippen molar-refractivity contribution in [1.82, 2.24) is 14.0 Å². The number of halogens is 1. The van der Waals surface area contributed by atoms with E-state index in [1.54, 1.807) is 54.1 Å². The number of carbonyl (C=O) groups excluding carboxylic acids is 2. The molecule has 9 heteroatoms. The maximum atomic E-state index is 14.1. The molecule has 2 aromatic heterocycles. The first-order valence-corrected chi connectivity index (χ1v) is 17.7. The van der Waals surface area contributed by atoms with E-state index >= 15 is 0 Å². The highest BCUT2D eigenvalue weighted by Gasteiger charge is 2.28. The van der Waals surface area contributed by atoms with Crippen molar-refractivity contribution in [3.63, 3.8) is 0 Å². The van der Waals surface area contributed by atoms with Crippen LogP contribution in [-0.4, -0.2) is 44.9 Å². The molecule has 0 radical (unpaired) electrons. The zero-order valence-corrected chi connectivity index (χ0v) is 32.0. The largest absolute Gasteiger partial charge is 0.508 e. The van der Waals surface area contributed by atoms with Gasteiger partial charge in [-0.2, -0.15) is 5.26 Å². The number of rotatable bonds is 5. The molecule has 268 valence electrons. The maximum absolute atomic E-state index is 14.1. The first-order valence-electron chi connectivity index (χ1n) is 17.3. The molecule has 0 saturated carbocycles. The van der Waals surface area contributed by atoms with Crippen LogP contribution in [0.3, 0.4) is 0 Å². The van der Waals surface area contributed by atoms with Gasteiger partial charge in [0.2, 0.25) is 0 Å². The third kappa shape index (κ3) is 9.37. The number of likely N-dealkylation sites (N-methyl/N-ethyl adjacent to an activating group) is 1. The van der Waals surface area contributed by atoms with Crippen LogP contribution in [0.15, 0.2) is 78.9 Å². The van der Waals surface area contributed by atoms with Crippen LogP contribution >= 0.6 is 11.6 Å². The van der Waals surface area contributed by atoms with Crippen molar-refractivity contribution in [3.8, 4) is 23.1 Å². The van der Waals surface area contributed by atoms with Crippen LogP contribution in [0.5, 0.6) is 5.75 Å². The van der Waals surface area contributed by atoms with E-state index in [0.717, 1.165) is 18.5 Å². The number of anilines is 2.